The summed E-state index contributed by atoms with van der Waals surface area (Å²) in [5.74, 6) is 0. The van der Waals surface area contributed by atoms with Crippen LogP contribution < -0.4 is 0 Å². The maximum atomic E-state index is 9.93. The van der Waals surface area contributed by atoms with Crippen molar-refractivity contribution in [3.8, 4) is 0 Å². The van der Waals surface area contributed by atoms with Gasteiger partial charge in [0.1, 0.15) is 24.4 Å². The van der Waals surface area contributed by atoms with E-state index in [-0.39, 0.29) is 13.2 Å². The van der Waals surface area contributed by atoms with Crippen LogP contribution in [0.15, 0.2) is 0 Å². The molecule has 0 radical (unpaired) electrons. The summed E-state index contributed by atoms with van der Waals surface area (Å²) in [5.41, 5.74) is 0. The molecule has 0 aromatic heterocycles. The fraction of sp³-hybridized carbons (Fsp3) is 1.00. The Hall–Kier alpha value is -0.200. The Morgan fingerprint density at radius 2 is 1.43 bits per heavy atom. The zero-order chi connectivity index (χ0) is 16.9. The molecule has 5 heteroatoms. The number of aliphatic hydroxyl groups is 3. The number of unbranched alkanes of at least 4 members (excludes halogenated alkanes) is 9. The van der Waals surface area contributed by atoms with Crippen molar-refractivity contribution >= 4 is 0 Å². The average molecular weight is 332 g/mol. The minimum atomic E-state index is -1.08. The topological polar surface area (TPSA) is 79.2 Å². The highest BCUT2D eigenvalue weighted by Gasteiger charge is 2.38. The van der Waals surface area contributed by atoms with Crippen molar-refractivity contribution in [2.75, 3.05) is 19.8 Å². The zero-order valence-corrected chi connectivity index (χ0v) is 14.7. The Kier molecular flexibility index (Phi) is 11.9. The van der Waals surface area contributed by atoms with Gasteiger partial charge < -0.3 is 24.8 Å². The minimum Gasteiger partial charge on any atom is -0.394 e. The second-order valence-electron chi connectivity index (χ2n) is 6.63. The highest BCUT2D eigenvalue weighted by molar-refractivity contribution is 4.87. The van der Waals surface area contributed by atoms with E-state index < -0.39 is 24.4 Å². The summed E-state index contributed by atoms with van der Waals surface area (Å²) in [5, 5.41) is 28.7. The fourth-order valence-electron chi connectivity index (χ4n) is 2.99. The summed E-state index contributed by atoms with van der Waals surface area (Å²) in [6.45, 7) is 2.76. The Morgan fingerprint density at radius 3 is 2.00 bits per heavy atom. The molecule has 5 nitrogen and oxygen atoms in total. The molecule has 1 saturated heterocycles. The van der Waals surface area contributed by atoms with E-state index in [0.29, 0.717) is 6.61 Å². The predicted octanol–water partition coefficient (Wildman–Crippen LogP) is 2.41. The molecular weight excluding hydrogens is 296 g/mol. The molecule has 0 aromatic rings. The van der Waals surface area contributed by atoms with Gasteiger partial charge in [0.25, 0.3) is 0 Å². The van der Waals surface area contributed by atoms with E-state index in [1.54, 1.807) is 0 Å². The highest BCUT2D eigenvalue weighted by atomic mass is 16.6. The molecule has 138 valence electrons. The number of hydrogen-bond donors (Lipinski definition) is 3. The Bertz CT molecular complexity index is 274. The van der Waals surface area contributed by atoms with Crippen molar-refractivity contribution in [1.29, 1.82) is 0 Å². The van der Waals surface area contributed by atoms with E-state index >= 15 is 0 Å². The molecule has 1 aliphatic heterocycles. The summed E-state index contributed by atoms with van der Waals surface area (Å²) in [7, 11) is 0. The van der Waals surface area contributed by atoms with Gasteiger partial charge in [-0.2, -0.15) is 0 Å². The summed E-state index contributed by atoms with van der Waals surface area (Å²) in [6.07, 6.45) is 9.46. The predicted molar refractivity (Wildman–Crippen MR) is 90.4 cm³/mol. The summed E-state index contributed by atoms with van der Waals surface area (Å²) in [6, 6.07) is 0. The molecule has 0 saturated carbocycles. The zero-order valence-electron chi connectivity index (χ0n) is 14.7. The minimum absolute atomic E-state index is 0.223. The molecule has 1 heterocycles. The van der Waals surface area contributed by atoms with E-state index in [0.717, 1.165) is 12.8 Å². The lowest BCUT2D eigenvalue weighted by Gasteiger charge is -2.36. The van der Waals surface area contributed by atoms with Crippen LogP contribution in [-0.4, -0.2) is 59.6 Å². The van der Waals surface area contributed by atoms with Crippen LogP contribution in [0.5, 0.6) is 0 Å². The lowest BCUT2D eigenvalue weighted by molar-refractivity contribution is -0.208. The molecule has 0 unspecified atom stereocenters. The van der Waals surface area contributed by atoms with E-state index in [1.807, 2.05) is 0 Å². The molecule has 0 amide bonds. The molecule has 23 heavy (non-hydrogen) atoms. The second-order valence-corrected chi connectivity index (χ2v) is 6.63. The molecule has 1 fully saturated rings. The first-order valence-corrected chi connectivity index (χ1v) is 9.40. The number of ether oxygens (including phenoxy) is 2. The van der Waals surface area contributed by atoms with Gasteiger partial charge in [-0.3, -0.25) is 0 Å². The van der Waals surface area contributed by atoms with Gasteiger partial charge in [0.2, 0.25) is 0 Å². The van der Waals surface area contributed by atoms with Crippen LogP contribution in [0, 0.1) is 0 Å². The average Bonchev–Trinajstić information content (AvgIpc) is 2.56. The molecule has 0 spiro atoms. The van der Waals surface area contributed by atoms with Crippen molar-refractivity contribution in [1.82, 2.24) is 0 Å². The third-order valence-corrected chi connectivity index (χ3v) is 4.60. The van der Waals surface area contributed by atoms with Crippen molar-refractivity contribution < 1.29 is 24.8 Å². The van der Waals surface area contributed by atoms with Gasteiger partial charge >= 0.3 is 0 Å². The summed E-state index contributed by atoms with van der Waals surface area (Å²) in [4.78, 5) is 0. The molecule has 4 atom stereocenters. The second kappa shape index (κ2) is 13.1. The van der Waals surface area contributed by atoms with Crippen molar-refractivity contribution in [2.45, 2.75) is 95.5 Å². The van der Waals surface area contributed by atoms with Gasteiger partial charge in [-0.1, -0.05) is 64.7 Å². The SMILES string of the molecule is CCCCCCCCCCCCO[C@@H]1CO[C@@H](CO)[C@H](O)[C@H]1O. The van der Waals surface area contributed by atoms with Gasteiger partial charge in [-0.15, -0.1) is 0 Å². The van der Waals surface area contributed by atoms with Gasteiger partial charge in [0, 0.05) is 6.61 Å². The van der Waals surface area contributed by atoms with Gasteiger partial charge in [-0.25, -0.2) is 0 Å². The molecule has 0 aromatic carbocycles. The van der Waals surface area contributed by atoms with Crippen molar-refractivity contribution in [3.05, 3.63) is 0 Å². The molecular formula is C18H36O5. The first-order valence-electron chi connectivity index (χ1n) is 9.40. The summed E-state index contributed by atoms with van der Waals surface area (Å²) >= 11 is 0. The Balaban J connectivity index is 1.93. The van der Waals surface area contributed by atoms with Crippen molar-refractivity contribution in [2.24, 2.45) is 0 Å². The standard InChI is InChI=1S/C18H36O5/c1-2-3-4-5-6-7-8-9-10-11-12-22-16-14-23-15(13-19)17(20)18(16)21/h15-21H,2-14H2,1H3/t15-,16+,17-,18-/m0/s1. The van der Waals surface area contributed by atoms with E-state index in [4.69, 9.17) is 14.6 Å². The van der Waals surface area contributed by atoms with Crippen LogP contribution in [-0.2, 0) is 9.47 Å². The largest absolute Gasteiger partial charge is 0.394 e. The quantitative estimate of drug-likeness (QED) is 0.451. The molecule has 1 aliphatic rings. The van der Waals surface area contributed by atoms with Crippen molar-refractivity contribution in [3.63, 3.8) is 0 Å². The number of rotatable bonds is 13. The first-order chi connectivity index (χ1) is 11.2. The molecule has 1 rings (SSSR count). The van der Waals surface area contributed by atoms with Gasteiger partial charge in [-0.05, 0) is 6.42 Å². The van der Waals surface area contributed by atoms with Crippen LogP contribution in [0.3, 0.4) is 0 Å². The van der Waals surface area contributed by atoms with Crippen LogP contribution in [0.25, 0.3) is 0 Å². The Labute approximate surface area is 141 Å². The highest BCUT2D eigenvalue weighted by Crippen LogP contribution is 2.18. The maximum Gasteiger partial charge on any atom is 0.111 e. The maximum absolute atomic E-state index is 9.93. The van der Waals surface area contributed by atoms with E-state index in [2.05, 4.69) is 6.92 Å². The van der Waals surface area contributed by atoms with Crippen LogP contribution in [0.4, 0.5) is 0 Å². The summed E-state index contributed by atoms with van der Waals surface area (Å²) < 4.78 is 10.9. The first kappa shape index (κ1) is 20.8. The third-order valence-electron chi connectivity index (χ3n) is 4.60. The van der Waals surface area contributed by atoms with Crippen LogP contribution >= 0.6 is 0 Å². The van der Waals surface area contributed by atoms with E-state index in [9.17, 15) is 10.2 Å². The molecule has 0 bridgehead atoms. The van der Waals surface area contributed by atoms with Gasteiger partial charge in [0.15, 0.2) is 0 Å². The normalized spacial score (nSPS) is 28.2. The van der Waals surface area contributed by atoms with E-state index in [1.165, 1.54) is 51.4 Å². The lowest BCUT2D eigenvalue weighted by atomic mass is 10.0. The number of hydrogen-bond acceptors (Lipinski definition) is 5. The number of aliphatic hydroxyl groups excluding tert-OH is 3. The lowest BCUT2D eigenvalue weighted by Crippen LogP contribution is -2.55. The third kappa shape index (κ3) is 8.45. The smallest absolute Gasteiger partial charge is 0.111 e. The fourth-order valence-corrected chi connectivity index (χ4v) is 2.99. The molecule has 0 aliphatic carbocycles. The Morgan fingerprint density at radius 1 is 0.870 bits per heavy atom. The van der Waals surface area contributed by atoms with Gasteiger partial charge in [0.05, 0.1) is 13.2 Å². The monoisotopic (exact) mass is 332 g/mol. The molecule has 3 N–H and O–H groups in total. The van der Waals surface area contributed by atoms with Crippen LogP contribution in [0.2, 0.25) is 0 Å². The van der Waals surface area contributed by atoms with Crippen LogP contribution in [0.1, 0.15) is 71.1 Å².